The third-order valence-electron chi connectivity index (χ3n) is 1.37. The van der Waals surface area contributed by atoms with E-state index in [2.05, 4.69) is 0 Å². The molecule has 12 heavy (non-hydrogen) atoms. The first-order valence-electron chi connectivity index (χ1n) is 3.18. The van der Waals surface area contributed by atoms with E-state index < -0.39 is 28.8 Å². The second-order valence-electron chi connectivity index (χ2n) is 2.31. The predicted molar refractivity (Wildman–Crippen MR) is 36.3 cm³/mol. The van der Waals surface area contributed by atoms with E-state index in [0.29, 0.717) is 12.1 Å². The largest absolute Gasteiger partial charge is 0.294 e. The van der Waals surface area contributed by atoms with Crippen molar-refractivity contribution in [2.45, 2.75) is 6.92 Å². The van der Waals surface area contributed by atoms with Crippen molar-refractivity contribution in [3.05, 3.63) is 35.1 Å². The Morgan fingerprint density at radius 2 is 1.83 bits per heavy atom. The summed E-state index contributed by atoms with van der Waals surface area (Å²) in [7, 11) is 0. The summed E-state index contributed by atoms with van der Waals surface area (Å²) in [5.41, 5.74) is -0.562. The van der Waals surface area contributed by atoms with E-state index >= 15 is 0 Å². The second kappa shape index (κ2) is 2.97. The minimum absolute atomic E-state index is 0.391. The van der Waals surface area contributed by atoms with Gasteiger partial charge in [0, 0.05) is 6.07 Å². The fourth-order valence-corrected chi connectivity index (χ4v) is 0.812. The van der Waals surface area contributed by atoms with Crippen LogP contribution in [0, 0.1) is 17.5 Å². The molecule has 1 aromatic carbocycles. The van der Waals surface area contributed by atoms with Gasteiger partial charge >= 0.3 is 0 Å². The maximum absolute atomic E-state index is 12.7. The molecule has 0 spiro atoms. The molecule has 0 N–H and O–H groups in total. The predicted octanol–water partition coefficient (Wildman–Crippen LogP) is 2.31. The van der Waals surface area contributed by atoms with Crippen molar-refractivity contribution in [1.29, 1.82) is 0 Å². The zero-order valence-electron chi connectivity index (χ0n) is 6.20. The van der Waals surface area contributed by atoms with Crippen molar-refractivity contribution in [3.8, 4) is 0 Å². The molecule has 0 unspecified atom stereocenters. The van der Waals surface area contributed by atoms with Crippen LogP contribution in [-0.4, -0.2) is 5.78 Å². The van der Waals surface area contributed by atoms with E-state index in [4.69, 9.17) is 0 Å². The molecular formula is C8H5F3O. The Bertz CT molecular complexity index is 333. The number of hydrogen-bond donors (Lipinski definition) is 0. The zero-order valence-corrected chi connectivity index (χ0v) is 6.20. The molecule has 0 aliphatic rings. The van der Waals surface area contributed by atoms with Crippen LogP contribution in [0.15, 0.2) is 12.1 Å². The zero-order chi connectivity index (χ0) is 9.30. The van der Waals surface area contributed by atoms with Crippen LogP contribution < -0.4 is 0 Å². The number of benzene rings is 1. The van der Waals surface area contributed by atoms with Gasteiger partial charge in [0.2, 0.25) is 0 Å². The molecule has 4 heteroatoms. The van der Waals surface area contributed by atoms with Gasteiger partial charge in [0.25, 0.3) is 0 Å². The highest BCUT2D eigenvalue weighted by Crippen LogP contribution is 2.14. The van der Waals surface area contributed by atoms with Gasteiger partial charge in [-0.15, -0.1) is 0 Å². The van der Waals surface area contributed by atoms with Crippen LogP contribution in [0.25, 0.3) is 0 Å². The van der Waals surface area contributed by atoms with Gasteiger partial charge in [0.05, 0.1) is 5.56 Å². The minimum atomic E-state index is -1.35. The Kier molecular flexibility index (Phi) is 2.17. The van der Waals surface area contributed by atoms with Gasteiger partial charge in [-0.2, -0.15) is 0 Å². The topological polar surface area (TPSA) is 17.1 Å². The lowest BCUT2D eigenvalue weighted by Gasteiger charge is -1.99. The average molecular weight is 174 g/mol. The van der Waals surface area contributed by atoms with Gasteiger partial charge < -0.3 is 0 Å². The number of Topliss-reactive ketones (excluding diaryl/α,β-unsaturated/α-hetero) is 1. The standard InChI is InChI=1S/C8H5F3O/c1-4(12)6-2-5(9)3-7(10)8(6)11/h2-3H,1H3. The quantitative estimate of drug-likeness (QED) is 0.471. The number of halogens is 3. The van der Waals surface area contributed by atoms with Crippen LogP contribution in [0.4, 0.5) is 13.2 Å². The normalized spacial score (nSPS) is 10.0. The molecule has 0 heterocycles. The average Bonchev–Trinajstić information content (AvgIpc) is 1.96. The molecule has 0 bridgehead atoms. The summed E-state index contributed by atoms with van der Waals surface area (Å²) in [6.07, 6.45) is 0. The molecule has 0 saturated carbocycles. The molecule has 1 rings (SSSR count). The summed E-state index contributed by atoms with van der Waals surface area (Å²) in [5.74, 6) is -4.31. The van der Waals surface area contributed by atoms with E-state index in [-0.39, 0.29) is 0 Å². The van der Waals surface area contributed by atoms with Gasteiger partial charge in [0.1, 0.15) is 5.82 Å². The van der Waals surface area contributed by atoms with Crippen molar-refractivity contribution >= 4 is 5.78 Å². The minimum Gasteiger partial charge on any atom is -0.294 e. The smallest absolute Gasteiger partial charge is 0.169 e. The number of ketones is 1. The van der Waals surface area contributed by atoms with Gasteiger partial charge in [-0.1, -0.05) is 0 Å². The van der Waals surface area contributed by atoms with Gasteiger partial charge in [0.15, 0.2) is 17.4 Å². The van der Waals surface area contributed by atoms with Crippen molar-refractivity contribution in [2.75, 3.05) is 0 Å². The molecule has 0 radical (unpaired) electrons. The molecule has 0 aliphatic carbocycles. The van der Waals surface area contributed by atoms with Gasteiger partial charge in [-0.05, 0) is 13.0 Å². The van der Waals surface area contributed by atoms with Crippen LogP contribution in [0.2, 0.25) is 0 Å². The van der Waals surface area contributed by atoms with E-state index in [9.17, 15) is 18.0 Å². The Labute approximate surface area is 66.8 Å². The van der Waals surface area contributed by atoms with Crippen LogP contribution in [0.5, 0.6) is 0 Å². The van der Waals surface area contributed by atoms with Crippen molar-refractivity contribution < 1.29 is 18.0 Å². The fourth-order valence-electron chi connectivity index (χ4n) is 0.812. The lowest BCUT2D eigenvalue weighted by molar-refractivity contribution is 0.101. The molecule has 1 nitrogen and oxygen atoms in total. The Hall–Kier alpha value is -1.32. The van der Waals surface area contributed by atoms with Crippen molar-refractivity contribution in [3.63, 3.8) is 0 Å². The van der Waals surface area contributed by atoms with Crippen LogP contribution >= 0.6 is 0 Å². The lowest BCUT2D eigenvalue weighted by atomic mass is 10.1. The first-order chi connectivity index (χ1) is 5.52. The Morgan fingerprint density at radius 3 is 2.33 bits per heavy atom. The lowest BCUT2D eigenvalue weighted by Crippen LogP contribution is -2.00. The maximum Gasteiger partial charge on any atom is 0.169 e. The fraction of sp³-hybridized carbons (Fsp3) is 0.125. The molecule has 0 aliphatic heterocycles. The monoisotopic (exact) mass is 174 g/mol. The molecule has 0 aromatic heterocycles. The summed E-state index contributed by atoms with van der Waals surface area (Å²) in [5, 5.41) is 0. The number of hydrogen-bond acceptors (Lipinski definition) is 1. The summed E-state index contributed by atoms with van der Waals surface area (Å²) in [4.78, 5) is 10.6. The van der Waals surface area contributed by atoms with Crippen molar-refractivity contribution in [1.82, 2.24) is 0 Å². The summed E-state index contributed by atoms with van der Waals surface area (Å²) in [6, 6.07) is 1.06. The van der Waals surface area contributed by atoms with Crippen LogP contribution in [0.3, 0.4) is 0 Å². The molecule has 0 fully saturated rings. The molecule has 0 amide bonds. The first-order valence-corrected chi connectivity index (χ1v) is 3.18. The Balaban J connectivity index is 3.37. The van der Waals surface area contributed by atoms with Gasteiger partial charge in [-0.3, -0.25) is 4.79 Å². The SMILES string of the molecule is CC(=O)c1cc(F)cc(F)c1F. The van der Waals surface area contributed by atoms with Crippen LogP contribution in [0.1, 0.15) is 17.3 Å². The third-order valence-corrected chi connectivity index (χ3v) is 1.37. The molecular weight excluding hydrogens is 169 g/mol. The van der Waals surface area contributed by atoms with E-state index in [1.54, 1.807) is 0 Å². The molecule has 64 valence electrons. The van der Waals surface area contributed by atoms with E-state index in [1.807, 2.05) is 0 Å². The highest BCUT2D eigenvalue weighted by atomic mass is 19.2. The first kappa shape index (κ1) is 8.77. The molecule has 1 aromatic rings. The number of carbonyl (C=O) groups excluding carboxylic acids is 1. The second-order valence-corrected chi connectivity index (χ2v) is 2.31. The molecule has 0 atom stereocenters. The highest BCUT2D eigenvalue weighted by molar-refractivity contribution is 5.94. The maximum atomic E-state index is 12.7. The van der Waals surface area contributed by atoms with E-state index in [1.165, 1.54) is 0 Å². The van der Waals surface area contributed by atoms with Crippen molar-refractivity contribution in [2.24, 2.45) is 0 Å². The molecule has 0 saturated heterocycles. The van der Waals surface area contributed by atoms with Gasteiger partial charge in [-0.25, -0.2) is 13.2 Å². The van der Waals surface area contributed by atoms with Crippen LogP contribution in [-0.2, 0) is 0 Å². The third kappa shape index (κ3) is 1.47. The number of rotatable bonds is 1. The highest BCUT2D eigenvalue weighted by Gasteiger charge is 2.13. The summed E-state index contributed by atoms with van der Waals surface area (Å²) < 4.78 is 37.5. The summed E-state index contributed by atoms with van der Waals surface area (Å²) >= 11 is 0. The Morgan fingerprint density at radius 1 is 1.25 bits per heavy atom. The summed E-state index contributed by atoms with van der Waals surface area (Å²) in [6.45, 7) is 1.04. The van der Waals surface area contributed by atoms with E-state index in [0.717, 1.165) is 6.92 Å². The number of carbonyl (C=O) groups is 1.